The molecule has 0 saturated heterocycles. The number of thiophene rings is 1. The largest absolute Gasteiger partial charge is 0.270 e. The number of hydrogen-bond donors (Lipinski definition) is 0. The van der Waals surface area contributed by atoms with Gasteiger partial charge in [-0.15, -0.1) is 11.3 Å². The lowest BCUT2D eigenvalue weighted by Crippen LogP contribution is -1.85. The molecule has 2 rings (SSSR count). The Morgan fingerprint density at radius 3 is 2.64 bits per heavy atom. The van der Waals surface area contributed by atoms with E-state index in [1.165, 1.54) is 28.2 Å². The third-order valence-corrected chi connectivity index (χ3v) is 5.78. The molecule has 14 heavy (non-hydrogen) atoms. The van der Waals surface area contributed by atoms with Gasteiger partial charge in [0.05, 0.1) is 0 Å². The first kappa shape index (κ1) is 10.5. The molecule has 0 fully saturated rings. The summed E-state index contributed by atoms with van der Waals surface area (Å²) in [6.45, 7) is 0. The van der Waals surface area contributed by atoms with E-state index in [2.05, 4.69) is 0 Å². The van der Waals surface area contributed by atoms with Gasteiger partial charge in [-0.3, -0.25) is 0 Å². The highest BCUT2D eigenvalue weighted by atomic mass is 35.7. The van der Waals surface area contributed by atoms with Crippen LogP contribution in [0, 0.1) is 0 Å². The highest BCUT2D eigenvalue weighted by molar-refractivity contribution is 8.15. The molecular formula is C9H11ClO2S2. The first-order chi connectivity index (χ1) is 6.57. The third-order valence-electron chi connectivity index (χ3n) is 2.46. The summed E-state index contributed by atoms with van der Waals surface area (Å²) >= 11 is 1.34. The Kier molecular flexibility index (Phi) is 2.86. The van der Waals surface area contributed by atoms with Crippen molar-refractivity contribution in [1.82, 2.24) is 0 Å². The third kappa shape index (κ3) is 2.12. The molecule has 2 nitrogen and oxygen atoms in total. The van der Waals surface area contributed by atoms with E-state index in [1.54, 1.807) is 6.07 Å². The minimum atomic E-state index is -3.52. The lowest BCUT2D eigenvalue weighted by atomic mass is 10.2. The van der Waals surface area contributed by atoms with Crippen molar-refractivity contribution in [1.29, 1.82) is 0 Å². The van der Waals surface area contributed by atoms with E-state index >= 15 is 0 Å². The predicted molar refractivity (Wildman–Crippen MR) is 58.6 cm³/mol. The fourth-order valence-corrected chi connectivity index (χ4v) is 4.14. The van der Waals surface area contributed by atoms with Crippen LogP contribution in [0.1, 0.15) is 29.7 Å². The van der Waals surface area contributed by atoms with Crippen LogP contribution < -0.4 is 0 Å². The van der Waals surface area contributed by atoms with Crippen molar-refractivity contribution < 1.29 is 8.42 Å². The molecule has 1 aliphatic rings. The molecule has 1 heterocycles. The maximum atomic E-state index is 11.1. The summed E-state index contributed by atoms with van der Waals surface area (Å²) in [4.78, 5) is 1.21. The number of rotatable bonds is 1. The van der Waals surface area contributed by atoms with Crippen LogP contribution in [0.2, 0.25) is 0 Å². The van der Waals surface area contributed by atoms with E-state index in [-0.39, 0.29) is 0 Å². The molecule has 1 aromatic rings. The number of fused-ring (bicyclic) bond motifs is 1. The van der Waals surface area contributed by atoms with Gasteiger partial charge in [-0.2, -0.15) is 0 Å². The predicted octanol–water partition coefficient (Wildman–Crippen LogP) is 2.94. The van der Waals surface area contributed by atoms with Gasteiger partial charge in [-0.05, 0) is 37.3 Å². The highest BCUT2D eigenvalue weighted by Gasteiger charge is 2.18. The SMILES string of the molecule is O=S(=O)(Cl)c1cc2c(s1)CCCCC2. The molecule has 0 atom stereocenters. The molecule has 0 N–H and O–H groups in total. The van der Waals surface area contributed by atoms with Crippen LogP contribution in [-0.2, 0) is 21.9 Å². The molecule has 0 unspecified atom stereocenters. The Morgan fingerprint density at radius 1 is 1.21 bits per heavy atom. The quantitative estimate of drug-likeness (QED) is 0.567. The molecule has 5 heteroatoms. The highest BCUT2D eigenvalue weighted by Crippen LogP contribution is 2.32. The number of halogens is 1. The Morgan fingerprint density at radius 2 is 1.93 bits per heavy atom. The first-order valence-electron chi connectivity index (χ1n) is 4.63. The van der Waals surface area contributed by atoms with Crippen molar-refractivity contribution in [3.8, 4) is 0 Å². The van der Waals surface area contributed by atoms with Crippen molar-refractivity contribution in [3.63, 3.8) is 0 Å². The average molecular weight is 251 g/mol. The second-order valence-electron chi connectivity index (χ2n) is 3.51. The summed E-state index contributed by atoms with van der Waals surface area (Å²) in [7, 11) is 1.78. The summed E-state index contributed by atoms with van der Waals surface area (Å²) in [6.07, 6.45) is 5.57. The molecule has 0 radical (unpaired) electrons. The van der Waals surface area contributed by atoms with E-state index in [0.29, 0.717) is 4.21 Å². The van der Waals surface area contributed by atoms with Crippen LogP contribution in [0.15, 0.2) is 10.3 Å². The van der Waals surface area contributed by atoms with Gasteiger partial charge in [0.15, 0.2) is 0 Å². The van der Waals surface area contributed by atoms with Crippen LogP contribution in [0.4, 0.5) is 0 Å². The maximum absolute atomic E-state index is 11.1. The standard InChI is InChI=1S/C9H11ClO2S2/c10-14(11,12)9-6-7-4-2-1-3-5-8(7)13-9/h6H,1-5H2. The summed E-state index contributed by atoms with van der Waals surface area (Å²) in [6, 6.07) is 1.74. The van der Waals surface area contributed by atoms with Gasteiger partial charge in [0.1, 0.15) is 4.21 Å². The van der Waals surface area contributed by atoms with Crippen LogP contribution in [0.25, 0.3) is 0 Å². The smallest absolute Gasteiger partial charge is 0.206 e. The van der Waals surface area contributed by atoms with Gasteiger partial charge >= 0.3 is 0 Å². The fourth-order valence-electron chi connectivity index (χ4n) is 1.76. The van der Waals surface area contributed by atoms with Crippen molar-refractivity contribution in [2.75, 3.05) is 0 Å². The van der Waals surface area contributed by atoms with E-state index in [1.807, 2.05) is 0 Å². The lowest BCUT2D eigenvalue weighted by molar-refractivity contribution is 0.611. The molecule has 78 valence electrons. The minimum Gasteiger partial charge on any atom is -0.206 e. The Hall–Kier alpha value is -0.0600. The zero-order valence-electron chi connectivity index (χ0n) is 7.62. The number of aryl methyl sites for hydroxylation is 2. The van der Waals surface area contributed by atoms with Crippen molar-refractivity contribution in [3.05, 3.63) is 16.5 Å². The van der Waals surface area contributed by atoms with Gasteiger partial charge in [0, 0.05) is 15.6 Å². The van der Waals surface area contributed by atoms with Gasteiger partial charge in [0.2, 0.25) is 0 Å². The second-order valence-corrected chi connectivity index (χ2v) is 7.44. The molecule has 0 bridgehead atoms. The Balaban J connectivity index is 2.41. The maximum Gasteiger partial charge on any atom is 0.270 e. The van der Waals surface area contributed by atoms with Crippen molar-refractivity contribution in [2.45, 2.75) is 36.3 Å². The number of hydrogen-bond acceptors (Lipinski definition) is 3. The van der Waals surface area contributed by atoms with Gasteiger partial charge in [-0.1, -0.05) is 6.42 Å². The van der Waals surface area contributed by atoms with E-state index < -0.39 is 9.05 Å². The van der Waals surface area contributed by atoms with Crippen LogP contribution in [0.5, 0.6) is 0 Å². The molecule has 0 spiro atoms. The van der Waals surface area contributed by atoms with Crippen molar-refractivity contribution in [2.24, 2.45) is 0 Å². The van der Waals surface area contributed by atoms with Gasteiger partial charge in [0.25, 0.3) is 9.05 Å². The summed E-state index contributed by atoms with van der Waals surface area (Å²) in [5.41, 5.74) is 1.19. The van der Waals surface area contributed by atoms with E-state index in [0.717, 1.165) is 25.7 Å². The molecule has 0 aliphatic heterocycles. The molecule has 1 aliphatic carbocycles. The monoisotopic (exact) mass is 250 g/mol. The van der Waals surface area contributed by atoms with Crippen molar-refractivity contribution >= 4 is 31.1 Å². The van der Waals surface area contributed by atoms with E-state index in [4.69, 9.17) is 10.7 Å². The topological polar surface area (TPSA) is 34.1 Å². The molecule has 0 saturated carbocycles. The fraction of sp³-hybridized carbons (Fsp3) is 0.556. The summed E-state index contributed by atoms with van der Waals surface area (Å²) in [5.74, 6) is 0. The molecule has 0 aromatic carbocycles. The zero-order chi connectivity index (χ0) is 10.2. The average Bonchev–Trinajstić information content (AvgIpc) is 2.38. The van der Waals surface area contributed by atoms with Crippen LogP contribution >= 0.6 is 22.0 Å². The Bertz CT molecular complexity index is 410. The molecule has 1 aromatic heterocycles. The summed E-state index contributed by atoms with van der Waals surface area (Å²) < 4.78 is 22.5. The summed E-state index contributed by atoms with van der Waals surface area (Å²) in [5, 5.41) is 0. The molecular weight excluding hydrogens is 240 g/mol. The van der Waals surface area contributed by atoms with Gasteiger partial charge < -0.3 is 0 Å². The van der Waals surface area contributed by atoms with Crippen LogP contribution in [0.3, 0.4) is 0 Å². The molecule has 0 amide bonds. The van der Waals surface area contributed by atoms with E-state index in [9.17, 15) is 8.42 Å². The minimum absolute atomic E-state index is 0.311. The second kappa shape index (κ2) is 3.83. The van der Waals surface area contributed by atoms with Gasteiger partial charge in [-0.25, -0.2) is 8.42 Å². The van der Waals surface area contributed by atoms with Crippen LogP contribution in [-0.4, -0.2) is 8.42 Å². The Labute approximate surface area is 92.3 Å². The normalized spacial score (nSPS) is 17.5. The first-order valence-corrected chi connectivity index (χ1v) is 7.76. The lowest BCUT2D eigenvalue weighted by Gasteiger charge is -1.92. The zero-order valence-corrected chi connectivity index (χ0v) is 10.0.